The Bertz CT molecular complexity index is 727. The first-order chi connectivity index (χ1) is 12.6. The molecule has 0 radical (unpaired) electrons. The van der Waals surface area contributed by atoms with Crippen LogP contribution in [-0.2, 0) is 11.3 Å². The summed E-state index contributed by atoms with van der Waals surface area (Å²) in [5.74, 6) is 0.893. The third-order valence-electron chi connectivity index (χ3n) is 4.54. The smallest absolute Gasteiger partial charge is 0.407 e. The highest BCUT2D eigenvalue weighted by atomic mass is 16.5. The normalized spacial score (nSPS) is 18.5. The van der Waals surface area contributed by atoms with E-state index in [-0.39, 0.29) is 12.1 Å². The van der Waals surface area contributed by atoms with Crippen LogP contribution in [0.4, 0.5) is 10.5 Å². The van der Waals surface area contributed by atoms with Gasteiger partial charge in [0.1, 0.15) is 12.4 Å². The molecule has 1 saturated carbocycles. The van der Waals surface area contributed by atoms with Crippen LogP contribution in [0.1, 0.15) is 30.9 Å². The molecule has 26 heavy (non-hydrogen) atoms. The number of hydrogen-bond donors (Lipinski definition) is 2. The minimum absolute atomic E-state index is 0.166. The number of nitrogens with one attached hydrogen (secondary N) is 2. The van der Waals surface area contributed by atoms with Crippen LogP contribution < -0.4 is 15.4 Å². The minimum Gasteiger partial charge on any atom is -0.494 e. The molecule has 2 N–H and O–H groups in total. The number of benzene rings is 2. The molecule has 0 unspecified atom stereocenters. The van der Waals surface area contributed by atoms with Crippen LogP contribution in [0.3, 0.4) is 0 Å². The molecule has 5 heteroatoms. The van der Waals surface area contributed by atoms with Crippen LogP contribution in [0.2, 0.25) is 0 Å². The van der Waals surface area contributed by atoms with E-state index in [0.29, 0.717) is 19.3 Å². The van der Waals surface area contributed by atoms with Gasteiger partial charge in [0.2, 0.25) is 0 Å². The fourth-order valence-electron chi connectivity index (χ4n) is 3.06. The topological polar surface area (TPSA) is 59.6 Å². The van der Waals surface area contributed by atoms with Gasteiger partial charge in [0.05, 0.1) is 6.61 Å². The number of anilines is 1. The summed E-state index contributed by atoms with van der Waals surface area (Å²) >= 11 is 0. The monoisotopic (exact) mass is 354 g/mol. The first kappa shape index (κ1) is 18.1. The van der Waals surface area contributed by atoms with Crippen molar-refractivity contribution in [3.8, 4) is 5.75 Å². The first-order valence-corrected chi connectivity index (χ1v) is 9.11. The maximum atomic E-state index is 11.9. The Hall–Kier alpha value is -2.69. The van der Waals surface area contributed by atoms with E-state index < -0.39 is 0 Å². The molecule has 138 valence electrons. The summed E-state index contributed by atoms with van der Waals surface area (Å²) in [6.45, 7) is 5.02. The second-order valence-electron chi connectivity index (χ2n) is 6.63. The van der Waals surface area contributed by atoms with Crippen LogP contribution in [0.15, 0.2) is 48.5 Å². The van der Waals surface area contributed by atoms with E-state index in [0.717, 1.165) is 35.4 Å². The zero-order valence-corrected chi connectivity index (χ0v) is 15.3. The molecule has 0 heterocycles. The van der Waals surface area contributed by atoms with Crippen molar-refractivity contribution in [2.45, 2.75) is 45.4 Å². The molecule has 1 fully saturated rings. The third kappa shape index (κ3) is 4.91. The molecule has 1 aliphatic carbocycles. The van der Waals surface area contributed by atoms with Gasteiger partial charge in [-0.05, 0) is 56.0 Å². The summed E-state index contributed by atoms with van der Waals surface area (Å²) in [6, 6.07) is 16.3. The summed E-state index contributed by atoms with van der Waals surface area (Å²) in [4.78, 5) is 11.9. The number of amides is 1. The Morgan fingerprint density at radius 2 is 1.88 bits per heavy atom. The van der Waals surface area contributed by atoms with Crippen LogP contribution in [0.5, 0.6) is 5.75 Å². The first-order valence-electron chi connectivity index (χ1n) is 9.11. The molecule has 0 spiro atoms. The molecule has 0 aliphatic heterocycles. The third-order valence-corrected chi connectivity index (χ3v) is 4.54. The summed E-state index contributed by atoms with van der Waals surface area (Å²) in [6.07, 6.45) is 1.44. The molecule has 1 amide bonds. The van der Waals surface area contributed by atoms with Gasteiger partial charge in [0.15, 0.2) is 0 Å². The molecule has 2 aromatic carbocycles. The van der Waals surface area contributed by atoms with Crippen molar-refractivity contribution in [1.82, 2.24) is 5.32 Å². The maximum absolute atomic E-state index is 11.9. The van der Waals surface area contributed by atoms with Crippen molar-refractivity contribution < 1.29 is 14.3 Å². The van der Waals surface area contributed by atoms with Gasteiger partial charge < -0.3 is 20.1 Å². The molecule has 1 aliphatic rings. The largest absolute Gasteiger partial charge is 0.494 e. The van der Waals surface area contributed by atoms with Gasteiger partial charge in [-0.2, -0.15) is 0 Å². The van der Waals surface area contributed by atoms with E-state index >= 15 is 0 Å². The highest BCUT2D eigenvalue weighted by Gasteiger charge is 2.30. The maximum Gasteiger partial charge on any atom is 0.407 e. The lowest BCUT2D eigenvalue weighted by atomic mass is 9.86. The Morgan fingerprint density at radius 3 is 2.58 bits per heavy atom. The number of ether oxygens (including phenoxy) is 2. The van der Waals surface area contributed by atoms with E-state index in [1.54, 1.807) is 0 Å². The van der Waals surface area contributed by atoms with E-state index in [4.69, 9.17) is 9.47 Å². The molecular formula is C21H26N2O3. The van der Waals surface area contributed by atoms with Gasteiger partial charge in [-0.25, -0.2) is 4.79 Å². The van der Waals surface area contributed by atoms with Crippen molar-refractivity contribution in [3.05, 3.63) is 59.7 Å². The highest BCUT2D eigenvalue weighted by Crippen LogP contribution is 2.28. The van der Waals surface area contributed by atoms with Crippen LogP contribution in [0.25, 0.3) is 0 Å². The molecule has 0 aromatic heterocycles. The molecule has 0 bridgehead atoms. The van der Waals surface area contributed by atoms with E-state index in [9.17, 15) is 4.79 Å². The number of hydrogen-bond acceptors (Lipinski definition) is 4. The number of carbonyl (C=O) groups is 1. The predicted molar refractivity (Wildman–Crippen MR) is 103 cm³/mol. The quantitative estimate of drug-likeness (QED) is 0.780. The van der Waals surface area contributed by atoms with Crippen LogP contribution in [0, 0.1) is 6.92 Å². The van der Waals surface area contributed by atoms with Gasteiger partial charge in [0, 0.05) is 17.8 Å². The number of alkyl carbamates (subject to hydrolysis) is 1. The highest BCUT2D eigenvalue weighted by molar-refractivity contribution is 5.68. The number of carbonyl (C=O) groups excluding carboxylic acids is 1. The summed E-state index contributed by atoms with van der Waals surface area (Å²) in [5, 5.41) is 6.45. The second-order valence-corrected chi connectivity index (χ2v) is 6.63. The zero-order valence-electron chi connectivity index (χ0n) is 15.3. The molecule has 0 saturated heterocycles. The fraction of sp³-hybridized carbons (Fsp3) is 0.381. The molecule has 3 rings (SSSR count). The molecule has 0 atom stereocenters. The summed E-state index contributed by atoms with van der Waals surface area (Å²) in [7, 11) is 0. The van der Waals surface area contributed by atoms with Crippen molar-refractivity contribution in [1.29, 1.82) is 0 Å². The lowest BCUT2D eigenvalue weighted by molar-refractivity contribution is 0.129. The number of aryl methyl sites for hydroxylation is 1. The van der Waals surface area contributed by atoms with Crippen molar-refractivity contribution in [2.75, 3.05) is 11.9 Å². The Kier molecular flexibility index (Phi) is 6.00. The standard InChI is InChI=1S/C21H26N2O3/c1-3-25-19-9-10-20(15(2)11-19)22-17-12-18(13-17)23-21(24)26-14-16-7-5-4-6-8-16/h4-11,17-18,22H,3,12-14H2,1-2H3,(H,23,24). The van der Waals surface area contributed by atoms with Crippen molar-refractivity contribution in [3.63, 3.8) is 0 Å². The Morgan fingerprint density at radius 1 is 1.12 bits per heavy atom. The van der Waals surface area contributed by atoms with Gasteiger partial charge in [-0.15, -0.1) is 0 Å². The molecular weight excluding hydrogens is 328 g/mol. The predicted octanol–water partition coefficient (Wildman–Crippen LogP) is 4.26. The summed E-state index contributed by atoms with van der Waals surface area (Å²) < 4.78 is 10.8. The minimum atomic E-state index is -0.352. The van der Waals surface area contributed by atoms with Crippen LogP contribution in [-0.4, -0.2) is 24.8 Å². The fourth-order valence-corrected chi connectivity index (χ4v) is 3.06. The second kappa shape index (κ2) is 8.61. The van der Waals surface area contributed by atoms with Crippen molar-refractivity contribution >= 4 is 11.8 Å². The lowest BCUT2D eigenvalue weighted by Crippen LogP contribution is -2.49. The molecule has 5 nitrogen and oxygen atoms in total. The molecule has 2 aromatic rings. The number of rotatable bonds is 7. The van der Waals surface area contributed by atoms with Gasteiger partial charge in [-0.3, -0.25) is 0 Å². The van der Waals surface area contributed by atoms with E-state index in [1.807, 2.05) is 49.4 Å². The average Bonchev–Trinajstić information content (AvgIpc) is 2.61. The van der Waals surface area contributed by atoms with Gasteiger partial charge in [0.25, 0.3) is 0 Å². The summed E-state index contributed by atoms with van der Waals surface area (Å²) in [5.41, 5.74) is 3.26. The lowest BCUT2D eigenvalue weighted by Gasteiger charge is -2.37. The Labute approximate surface area is 154 Å². The van der Waals surface area contributed by atoms with Crippen LogP contribution >= 0.6 is 0 Å². The average molecular weight is 354 g/mol. The van der Waals surface area contributed by atoms with Gasteiger partial charge >= 0.3 is 6.09 Å². The Balaban J connectivity index is 1.38. The van der Waals surface area contributed by atoms with Crippen molar-refractivity contribution in [2.24, 2.45) is 0 Å². The SMILES string of the molecule is CCOc1ccc(NC2CC(NC(=O)OCc3ccccc3)C2)c(C)c1. The van der Waals surface area contributed by atoms with E-state index in [2.05, 4.69) is 23.6 Å². The van der Waals surface area contributed by atoms with Gasteiger partial charge in [-0.1, -0.05) is 30.3 Å². The zero-order chi connectivity index (χ0) is 18.4. The van der Waals surface area contributed by atoms with E-state index in [1.165, 1.54) is 0 Å².